The van der Waals surface area contributed by atoms with E-state index in [1.165, 1.54) is 5.56 Å². The molecule has 0 aliphatic rings. The minimum Gasteiger partial charge on any atom is -0.340 e. The van der Waals surface area contributed by atoms with E-state index in [2.05, 4.69) is 28.1 Å². The second kappa shape index (κ2) is 3.38. The summed E-state index contributed by atoms with van der Waals surface area (Å²) < 4.78 is 0. The Balaban J connectivity index is 2.55. The SMILES string of the molecule is CSCc1nc2nccc(C)c2[nH]1. The van der Waals surface area contributed by atoms with E-state index in [4.69, 9.17) is 0 Å². The highest BCUT2D eigenvalue weighted by Crippen LogP contribution is 2.14. The van der Waals surface area contributed by atoms with Gasteiger partial charge in [0.05, 0.1) is 11.3 Å². The molecule has 0 fully saturated rings. The Hall–Kier alpha value is -1.03. The first-order chi connectivity index (χ1) is 6.31. The van der Waals surface area contributed by atoms with Crippen molar-refractivity contribution in [1.29, 1.82) is 0 Å². The molecule has 0 aliphatic heterocycles. The van der Waals surface area contributed by atoms with Gasteiger partial charge >= 0.3 is 0 Å². The van der Waals surface area contributed by atoms with Crippen LogP contribution in [0.5, 0.6) is 0 Å². The summed E-state index contributed by atoms with van der Waals surface area (Å²) in [5.74, 6) is 1.92. The molecule has 0 aromatic carbocycles. The van der Waals surface area contributed by atoms with Crippen LogP contribution in [0, 0.1) is 6.92 Å². The van der Waals surface area contributed by atoms with Gasteiger partial charge in [-0.05, 0) is 24.8 Å². The fraction of sp³-hybridized carbons (Fsp3) is 0.333. The number of pyridine rings is 1. The van der Waals surface area contributed by atoms with Crippen molar-refractivity contribution in [3.63, 3.8) is 0 Å². The van der Waals surface area contributed by atoms with E-state index < -0.39 is 0 Å². The van der Waals surface area contributed by atoms with Crippen molar-refractivity contribution >= 4 is 22.9 Å². The highest BCUT2D eigenvalue weighted by atomic mass is 32.2. The lowest BCUT2D eigenvalue weighted by atomic mass is 10.3. The van der Waals surface area contributed by atoms with E-state index in [9.17, 15) is 0 Å². The molecule has 13 heavy (non-hydrogen) atoms. The van der Waals surface area contributed by atoms with Crippen LogP contribution in [0.15, 0.2) is 12.3 Å². The van der Waals surface area contributed by atoms with Crippen LogP contribution in [-0.4, -0.2) is 21.2 Å². The molecule has 4 heteroatoms. The van der Waals surface area contributed by atoms with Crippen molar-refractivity contribution in [2.45, 2.75) is 12.7 Å². The number of imidazole rings is 1. The Morgan fingerprint density at radius 1 is 1.54 bits per heavy atom. The quantitative estimate of drug-likeness (QED) is 0.794. The van der Waals surface area contributed by atoms with E-state index in [1.54, 1.807) is 18.0 Å². The minimum absolute atomic E-state index is 0.823. The lowest BCUT2D eigenvalue weighted by molar-refractivity contribution is 1.13. The predicted molar refractivity (Wildman–Crippen MR) is 55.8 cm³/mol. The molecule has 0 amide bonds. The maximum Gasteiger partial charge on any atom is 0.177 e. The van der Waals surface area contributed by atoms with Crippen molar-refractivity contribution in [3.8, 4) is 0 Å². The Morgan fingerprint density at radius 3 is 3.08 bits per heavy atom. The largest absolute Gasteiger partial charge is 0.340 e. The second-order valence-corrected chi connectivity index (χ2v) is 3.81. The van der Waals surface area contributed by atoms with Crippen molar-refractivity contribution in [1.82, 2.24) is 15.0 Å². The predicted octanol–water partition coefficient (Wildman–Crippen LogP) is 2.13. The third-order valence-electron chi connectivity index (χ3n) is 1.93. The van der Waals surface area contributed by atoms with Crippen LogP contribution in [0.1, 0.15) is 11.4 Å². The third kappa shape index (κ3) is 1.54. The van der Waals surface area contributed by atoms with Crippen LogP contribution in [0.25, 0.3) is 11.2 Å². The number of thioether (sulfide) groups is 1. The van der Waals surface area contributed by atoms with Crippen LogP contribution in [0.4, 0.5) is 0 Å². The number of rotatable bonds is 2. The average Bonchev–Trinajstić information content (AvgIpc) is 2.49. The maximum absolute atomic E-state index is 4.38. The third-order valence-corrected chi connectivity index (χ3v) is 2.49. The van der Waals surface area contributed by atoms with Crippen LogP contribution >= 0.6 is 11.8 Å². The molecule has 3 nitrogen and oxygen atoms in total. The molecule has 68 valence electrons. The zero-order valence-electron chi connectivity index (χ0n) is 7.66. The van der Waals surface area contributed by atoms with Gasteiger partial charge in [-0.3, -0.25) is 0 Å². The first kappa shape index (κ1) is 8.56. The Morgan fingerprint density at radius 2 is 2.38 bits per heavy atom. The van der Waals surface area contributed by atoms with Gasteiger partial charge < -0.3 is 4.98 Å². The molecule has 0 saturated heterocycles. The van der Waals surface area contributed by atoms with Gasteiger partial charge in [0.15, 0.2) is 5.65 Å². The van der Waals surface area contributed by atoms with Gasteiger partial charge in [-0.1, -0.05) is 0 Å². The van der Waals surface area contributed by atoms with Crippen LogP contribution in [0.3, 0.4) is 0 Å². The van der Waals surface area contributed by atoms with Gasteiger partial charge in [0.1, 0.15) is 5.82 Å². The molecule has 2 heterocycles. The molecule has 1 N–H and O–H groups in total. The summed E-state index contributed by atoms with van der Waals surface area (Å²) in [5, 5.41) is 0. The highest BCUT2D eigenvalue weighted by molar-refractivity contribution is 7.97. The van der Waals surface area contributed by atoms with Crippen LogP contribution in [0.2, 0.25) is 0 Å². The lowest BCUT2D eigenvalue weighted by Gasteiger charge is -1.90. The number of nitrogens with one attached hydrogen (secondary N) is 1. The van der Waals surface area contributed by atoms with E-state index in [0.717, 1.165) is 22.7 Å². The number of aromatic amines is 1. The van der Waals surface area contributed by atoms with E-state index in [1.807, 2.05) is 6.07 Å². The Labute approximate surface area is 81.0 Å². The van der Waals surface area contributed by atoms with Gasteiger partial charge in [-0.25, -0.2) is 9.97 Å². The van der Waals surface area contributed by atoms with E-state index >= 15 is 0 Å². The first-order valence-corrected chi connectivity index (χ1v) is 5.50. The standard InChI is InChI=1S/C9H11N3S/c1-6-3-4-10-9-8(6)11-7(12-9)5-13-2/h3-4H,5H2,1-2H3,(H,10,11,12). The molecule has 0 unspecified atom stereocenters. The number of aryl methyl sites for hydroxylation is 1. The molecule has 0 atom stereocenters. The molecule has 2 rings (SSSR count). The normalized spacial score (nSPS) is 10.9. The van der Waals surface area contributed by atoms with Crippen molar-refractivity contribution in [3.05, 3.63) is 23.7 Å². The van der Waals surface area contributed by atoms with Crippen molar-refractivity contribution in [2.24, 2.45) is 0 Å². The van der Waals surface area contributed by atoms with E-state index in [0.29, 0.717) is 0 Å². The number of H-pyrrole nitrogens is 1. The molecule has 0 bridgehead atoms. The van der Waals surface area contributed by atoms with Gasteiger partial charge in [-0.15, -0.1) is 0 Å². The summed E-state index contributed by atoms with van der Waals surface area (Å²) in [6.45, 7) is 2.06. The Kier molecular flexibility index (Phi) is 2.22. The fourth-order valence-electron chi connectivity index (χ4n) is 1.29. The zero-order valence-corrected chi connectivity index (χ0v) is 8.48. The summed E-state index contributed by atoms with van der Waals surface area (Å²) in [7, 11) is 0. The number of nitrogens with zero attached hydrogens (tertiary/aromatic N) is 2. The Bertz CT molecular complexity index is 422. The smallest absolute Gasteiger partial charge is 0.177 e. The summed E-state index contributed by atoms with van der Waals surface area (Å²) in [4.78, 5) is 11.8. The molecule has 0 spiro atoms. The summed E-state index contributed by atoms with van der Waals surface area (Å²) in [6, 6.07) is 1.99. The number of aromatic nitrogens is 3. The molecule has 0 saturated carbocycles. The molecule has 2 aromatic rings. The summed E-state index contributed by atoms with van der Waals surface area (Å²) in [6.07, 6.45) is 3.86. The average molecular weight is 193 g/mol. The monoisotopic (exact) mass is 193 g/mol. The number of hydrogen-bond donors (Lipinski definition) is 1. The van der Waals surface area contributed by atoms with Crippen molar-refractivity contribution in [2.75, 3.05) is 6.26 Å². The minimum atomic E-state index is 0.823. The van der Waals surface area contributed by atoms with Crippen LogP contribution < -0.4 is 0 Å². The molecule has 0 aliphatic carbocycles. The molecule has 2 aromatic heterocycles. The topological polar surface area (TPSA) is 41.6 Å². The first-order valence-electron chi connectivity index (χ1n) is 4.10. The van der Waals surface area contributed by atoms with E-state index in [-0.39, 0.29) is 0 Å². The number of hydrogen-bond acceptors (Lipinski definition) is 3. The van der Waals surface area contributed by atoms with Crippen LogP contribution in [-0.2, 0) is 5.75 Å². The van der Waals surface area contributed by atoms with Gasteiger partial charge in [-0.2, -0.15) is 11.8 Å². The summed E-state index contributed by atoms with van der Waals surface area (Å²) in [5.41, 5.74) is 3.08. The summed E-state index contributed by atoms with van der Waals surface area (Å²) >= 11 is 1.75. The van der Waals surface area contributed by atoms with Crippen molar-refractivity contribution < 1.29 is 0 Å². The van der Waals surface area contributed by atoms with Gasteiger partial charge in [0.2, 0.25) is 0 Å². The lowest BCUT2D eigenvalue weighted by Crippen LogP contribution is -1.80. The van der Waals surface area contributed by atoms with Gasteiger partial charge in [0.25, 0.3) is 0 Å². The number of fused-ring (bicyclic) bond motifs is 1. The maximum atomic E-state index is 4.38. The molecular weight excluding hydrogens is 182 g/mol. The fourth-order valence-corrected chi connectivity index (χ4v) is 1.70. The molecular formula is C9H11N3S. The highest BCUT2D eigenvalue weighted by Gasteiger charge is 2.04. The zero-order chi connectivity index (χ0) is 9.26. The second-order valence-electron chi connectivity index (χ2n) is 2.94. The van der Waals surface area contributed by atoms with Gasteiger partial charge in [0, 0.05) is 6.20 Å². The molecule has 0 radical (unpaired) electrons.